The van der Waals surface area contributed by atoms with Gasteiger partial charge in [-0.05, 0) is 13.3 Å². The van der Waals surface area contributed by atoms with Crippen molar-refractivity contribution >= 4 is 11.6 Å². The van der Waals surface area contributed by atoms with Gasteiger partial charge in [0.25, 0.3) is 0 Å². The van der Waals surface area contributed by atoms with Gasteiger partial charge in [-0.1, -0.05) is 6.92 Å². The van der Waals surface area contributed by atoms with Gasteiger partial charge in [-0.15, -0.1) is 0 Å². The van der Waals surface area contributed by atoms with Crippen LogP contribution in [0.5, 0.6) is 0 Å². The van der Waals surface area contributed by atoms with Crippen LogP contribution in [0.4, 0.5) is 5.69 Å². The van der Waals surface area contributed by atoms with E-state index >= 15 is 0 Å². The maximum absolute atomic E-state index is 11.0. The molecule has 0 radical (unpaired) electrons. The van der Waals surface area contributed by atoms with Gasteiger partial charge in [-0.2, -0.15) is 5.10 Å². The molecule has 1 amide bonds. The Morgan fingerprint density at radius 3 is 2.69 bits per heavy atom. The maximum Gasteiger partial charge on any atom is 0.242 e. The first-order valence-electron chi connectivity index (χ1n) is 4.16. The Morgan fingerprint density at radius 1 is 1.77 bits per heavy atom. The topological polar surface area (TPSA) is 86.9 Å². The van der Waals surface area contributed by atoms with Crippen molar-refractivity contribution in [3.63, 3.8) is 0 Å². The van der Waals surface area contributed by atoms with Gasteiger partial charge in [0.15, 0.2) is 0 Å². The number of nitrogens with zero attached hydrogens (tertiary/aromatic N) is 2. The van der Waals surface area contributed by atoms with E-state index in [0.717, 1.165) is 5.69 Å². The van der Waals surface area contributed by atoms with E-state index in [4.69, 9.17) is 11.5 Å². The highest BCUT2D eigenvalue weighted by Crippen LogP contribution is 2.14. The van der Waals surface area contributed by atoms with Crippen molar-refractivity contribution in [1.29, 1.82) is 0 Å². The van der Waals surface area contributed by atoms with Crippen molar-refractivity contribution in [2.24, 2.45) is 5.73 Å². The fraction of sp³-hybridized carbons (Fsp3) is 0.500. The van der Waals surface area contributed by atoms with Gasteiger partial charge in [-0.25, -0.2) is 0 Å². The van der Waals surface area contributed by atoms with E-state index in [1.165, 1.54) is 4.68 Å². The van der Waals surface area contributed by atoms with E-state index in [2.05, 4.69) is 5.10 Å². The van der Waals surface area contributed by atoms with Gasteiger partial charge >= 0.3 is 0 Å². The average Bonchev–Trinajstić information content (AvgIpc) is 2.32. The second-order valence-electron chi connectivity index (χ2n) is 2.98. The fourth-order valence-electron chi connectivity index (χ4n) is 1.17. The van der Waals surface area contributed by atoms with Crippen LogP contribution in [0, 0.1) is 6.92 Å². The molecule has 4 N–H and O–H groups in total. The quantitative estimate of drug-likeness (QED) is 0.700. The Kier molecular flexibility index (Phi) is 2.55. The van der Waals surface area contributed by atoms with E-state index in [9.17, 15) is 4.79 Å². The first-order valence-corrected chi connectivity index (χ1v) is 4.16. The molecule has 0 aliphatic heterocycles. The van der Waals surface area contributed by atoms with Gasteiger partial charge in [0, 0.05) is 6.20 Å². The summed E-state index contributed by atoms with van der Waals surface area (Å²) in [6.07, 6.45) is 2.25. The van der Waals surface area contributed by atoms with Crippen LogP contribution in [-0.2, 0) is 4.79 Å². The zero-order valence-electron chi connectivity index (χ0n) is 7.82. The molecule has 0 fully saturated rings. The summed E-state index contributed by atoms with van der Waals surface area (Å²) >= 11 is 0. The summed E-state index contributed by atoms with van der Waals surface area (Å²) in [6, 6.07) is -0.393. The highest BCUT2D eigenvalue weighted by Gasteiger charge is 2.16. The Hall–Kier alpha value is -1.52. The Morgan fingerprint density at radius 2 is 2.38 bits per heavy atom. The van der Waals surface area contributed by atoms with Crippen LogP contribution >= 0.6 is 0 Å². The normalized spacial score (nSPS) is 12.8. The molecule has 1 unspecified atom stereocenters. The average molecular weight is 182 g/mol. The zero-order valence-corrected chi connectivity index (χ0v) is 7.82. The van der Waals surface area contributed by atoms with Gasteiger partial charge in [0.1, 0.15) is 6.04 Å². The molecular weight excluding hydrogens is 168 g/mol. The molecule has 0 aromatic carbocycles. The monoisotopic (exact) mass is 182 g/mol. The minimum Gasteiger partial charge on any atom is -0.396 e. The molecule has 0 aliphatic carbocycles. The molecule has 1 heterocycles. The highest BCUT2D eigenvalue weighted by molar-refractivity contribution is 5.78. The molecule has 5 heteroatoms. The number of hydrogen-bond acceptors (Lipinski definition) is 3. The minimum absolute atomic E-state index is 0.384. The lowest BCUT2D eigenvalue weighted by Gasteiger charge is -2.10. The van der Waals surface area contributed by atoms with E-state index in [1.54, 1.807) is 13.1 Å². The number of hydrogen-bond donors (Lipinski definition) is 2. The Bertz CT molecular complexity index is 298. The lowest BCUT2D eigenvalue weighted by atomic mass is 10.2. The third-order valence-corrected chi connectivity index (χ3v) is 1.99. The number of aryl methyl sites for hydroxylation is 1. The van der Waals surface area contributed by atoms with Crippen molar-refractivity contribution in [3.05, 3.63) is 11.9 Å². The molecule has 1 aromatic heterocycles. The SMILES string of the molecule is CCC(C(N)=O)n1cc(N)c(C)n1. The second kappa shape index (κ2) is 3.47. The van der Waals surface area contributed by atoms with E-state index in [1.807, 2.05) is 6.92 Å². The fourth-order valence-corrected chi connectivity index (χ4v) is 1.17. The number of anilines is 1. The predicted octanol–water partition coefficient (Wildman–Crippen LogP) is 0.210. The molecule has 0 saturated heterocycles. The van der Waals surface area contributed by atoms with Crippen LogP contribution in [0.2, 0.25) is 0 Å². The van der Waals surface area contributed by atoms with Crippen molar-refractivity contribution in [3.8, 4) is 0 Å². The third kappa shape index (κ3) is 1.80. The highest BCUT2D eigenvalue weighted by atomic mass is 16.1. The smallest absolute Gasteiger partial charge is 0.242 e. The standard InChI is InChI=1S/C8H14N4O/c1-3-7(8(10)13)12-4-6(9)5(2)11-12/h4,7H,3,9H2,1-2H3,(H2,10,13). The first kappa shape index (κ1) is 9.57. The number of primary amides is 1. The number of carbonyl (C=O) groups excluding carboxylic acids is 1. The Labute approximate surface area is 76.7 Å². The summed E-state index contributed by atoms with van der Waals surface area (Å²) in [5, 5.41) is 4.09. The van der Waals surface area contributed by atoms with Gasteiger partial charge in [0.2, 0.25) is 5.91 Å². The van der Waals surface area contributed by atoms with Crippen molar-refractivity contribution in [1.82, 2.24) is 9.78 Å². The summed E-state index contributed by atoms with van der Waals surface area (Å²) in [5.74, 6) is -0.384. The molecule has 1 rings (SSSR count). The molecule has 5 nitrogen and oxygen atoms in total. The van der Waals surface area contributed by atoms with Crippen LogP contribution in [-0.4, -0.2) is 15.7 Å². The van der Waals surface area contributed by atoms with Crippen molar-refractivity contribution < 1.29 is 4.79 Å². The van der Waals surface area contributed by atoms with Gasteiger partial charge < -0.3 is 11.5 Å². The third-order valence-electron chi connectivity index (χ3n) is 1.99. The van der Waals surface area contributed by atoms with Crippen LogP contribution < -0.4 is 11.5 Å². The molecule has 0 spiro atoms. The molecule has 1 aromatic rings. The van der Waals surface area contributed by atoms with Crippen molar-refractivity contribution in [2.45, 2.75) is 26.3 Å². The summed E-state index contributed by atoms with van der Waals surface area (Å²) < 4.78 is 1.52. The van der Waals surface area contributed by atoms with Gasteiger partial charge in [-0.3, -0.25) is 9.48 Å². The lowest BCUT2D eigenvalue weighted by molar-refractivity contribution is -0.121. The van der Waals surface area contributed by atoms with Crippen LogP contribution in [0.15, 0.2) is 6.20 Å². The molecule has 13 heavy (non-hydrogen) atoms. The summed E-state index contributed by atoms with van der Waals surface area (Å²) in [6.45, 7) is 3.67. The van der Waals surface area contributed by atoms with Gasteiger partial charge in [0.05, 0.1) is 11.4 Å². The minimum atomic E-state index is -0.393. The number of rotatable bonds is 3. The van der Waals surface area contributed by atoms with Crippen LogP contribution in [0.1, 0.15) is 25.1 Å². The number of carbonyl (C=O) groups is 1. The largest absolute Gasteiger partial charge is 0.396 e. The van der Waals surface area contributed by atoms with Crippen molar-refractivity contribution in [2.75, 3.05) is 5.73 Å². The molecule has 0 aliphatic rings. The number of nitrogens with two attached hydrogens (primary N) is 2. The van der Waals surface area contributed by atoms with E-state index < -0.39 is 6.04 Å². The first-order chi connectivity index (χ1) is 6.06. The van der Waals surface area contributed by atoms with E-state index in [0.29, 0.717) is 12.1 Å². The molecular formula is C8H14N4O. The number of aromatic nitrogens is 2. The van der Waals surface area contributed by atoms with E-state index in [-0.39, 0.29) is 5.91 Å². The number of nitrogen functional groups attached to an aromatic ring is 1. The maximum atomic E-state index is 11.0. The molecule has 0 saturated carbocycles. The molecule has 1 atom stereocenters. The number of amides is 1. The predicted molar refractivity (Wildman–Crippen MR) is 49.9 cm³/mol. The lowest BCUT2D eigenvalue weighted by Crippen LogP contribution is -2.26. The van der Waals surface area contributed by atoms with Crippen LogP contribution in [0.25, 0.3) is 0 Å². The Balaban J connectivity index is 2.98. The van der Waals surface area contributed by atoms with Crippen LogP contribution in [0.3, 0.4) is 0 Å². The summed E-state index contributed by atoms with van der Waals surface area (Å²) in [4.78, 5) is 11.0. The molecule has 72 valence electrons. The zero-order chi connectivity index (χ0) is 10.0. The second-order valence-corrected chi connectivity index (χ2v) is 2.98. The molecule has 0 bridgehead atoms. The summed E-state index contributed by atoms with van der Waals surface area (Å²) in [7, 11) is 0. The summed E-state index contributed by atoms with van der Waals surface area (Å²) in [5.41, 5.74) is 12.1.